The lowest BCUT2D eigenvalue weighted by atomic mass is 9.91. The van der Waals surface area contributed by atoms with Gasteiger partial charge in [-0.15, -0.1) is 11.3 Å². The van der Waals surface area contributed by atoms with Crippen molar-refractivity contribution >= 4 is 17.2 Å². The maximum Gasteiger partial charge on any atom is 0.252 e. The van der Waals surface area contributed by atoms with Gasteiger partial charge in [0.1, 0.15) is 5.01 Å². The number of piperidine rings is 1. The third-order valence-corrected chi connectivity index (χ3v) is 6.57. The lowest BCUT2D eigenvalue weighted by Crippen LogP contribution is -2.42. The number of carbonyl (C=O) groups excluding carboxylic acids is 1. The molecule has 1 aliphatic carbocycles. The Hall–Kier alpha value is -1.40. The summed E-state index contributed by atoms with van der Waals surface area (Å²) in [6, 6.07) is 0.649. The summed E-state index contributed by atoms with van der Waals surface area (Å²) in [6.45, 7) is 3.46. The number of hydrogen-bond donors (Lipinski definition) is 0. The second kappa shape index (κ2) is 6.48. The fourth-order valence-electron chi connectivity index (χ4n) is 4.22. The number of aromatic nitrogens is 1. The van der Waals surface area contributed by atoms with Crippen LogP contribution in [-0.2, 0) is 16.1 Å². The Morgan fingerprint density at radius 2 is 2.33 bits per heavy atom. The quantitative estimate of drug-likeness (QED) is 0.840. The summed E-state index contributed by atoms with van der Waals surface area (Å²) in [7, 11) is 2.21. The minimum Gasteiger partial charge on any atom is -0.501 e. The average molecular weight is 347 g/mol. The Balaban J connectivity index is 1.30. The summed E-state index contributed by atoms with van der Waals surface area (Å²) < 4.78 is 5.32. The van der Waals surface area contributed by atoms with Crippen LogP contribution in [0.2, 0.25) is 0 Å². The van der Waals surface area contributed by atoms with Crippen molar-refractivity contribution in [1.82, 2.24) is 14.8 Å². The minimum atomic E-state index is 0.192. The molecule has 1 atom stereocenters. The third-order valence-electron chi connectivity index (χ3n) is 5.80. The molecule has 6 heteroatoms. The first kappa shape index (κ1) is 16.1. The fraction of sp³-hybridized carbons (Fsp3) is 0.667. The maximum atomic E-state index is 12.6. The van der Waals surface area contributed by atoms with Crippen molar-refractivity contribution in [3.8, 4) is 0 Å². The smallest absolute Gasteiger partial charge is 0.252 e. The molecule has 3 aliphatic rings. The highest BCUT2D eigenvalue weighted by Crippen LogP contribution is 2.56. The highest BCUT2D eigenvalue weighted by atomic mass is 32.1. The number of amides is 1. The SMILES string of the molecule is CN(Cc1nccs1)[C@@H]1CC12CCN(C(=O)C1=COCCC1)CC2. The molecule has 0 unspecified atom stereocenters. The van der Waals surface area contributed by atoms with Crippen LogP contribution in [0.5, 0.6) is 0 Å². The standard InChI is InChI=1S/C18H25N3O2S/c1-20(12-16-19-6-10-24-16)15-11-18(15)4-7-21(8-5-18)17(22)14-3-2-9-23-13-14/h6,10,13,15H,2-5,7-9,11-12H2,1H3/t15-/m1/s1. The van der Waals surface area contributed by atoms with Gasteiger partial charge in [-0.3, -0.25) is 9.69 Å². The molecular formula is C18H25N3O2S. The van der Waals surface area contributed by atoms with Crippen molar-refractivity contribution in [2.75, 3.05) is 26.7 Å². The first-order chi connectivity index (χ1) is 11.7. The molecule has 0 bridgehead atoms. The molecule has 5 nitrogen and oxygen atoms in total. The molecule has 2 aliphatic heterocycles. The molecule has 24 heavy (non-hydrogen) atoms. The fourth-order valence-corrected chi connectivity index (χ4v) is 4.90. The van der Waals surface area contributed by atoms with Gasteiger partial charge in [-0.05, 0) is 44.6 Å². The van der Waals surface area contributed by atoms with Crippen LogP contribution in [-0.4, -0.2) is 53.5 Å². The maximum absolute atomic E-state index is 12.6. The van der Waals surface area contributed by atoms with E-state index in [2.05, 4.69) is 16.9 Å². The monoisotopic (exact) mass is 347 g/mol. The number of carbonyl (C=O) groups is 1. The molecule has 4 rings (SSSR count). The normalized spacial score (nSPS) is 25.5. The molecule has 0 aromatic carbocycles. The largest absolute Gasteiger partial charge is 0.501 e. The van der Waals surface area contributed by atoms with Crippen LogP contribution in [0.25, 0.3) is 0 Å². The Labute approximate surface area is 147 Å². The van der Waals surface area contributed by atoms with Crippen molar-refractivity contribution in [2.45, 2.75) is 44.7 Å². The van der Waals surface area contributed by atoms with Gasteiger partial charge in [-0.25, -0.2) is 4.98 Å². The highest BCUT2D eigenvalue weighted by molar-refractivity contribution is 7.09. The first-order valence-corrected chi connectivity index (χ1v) is 9.74. The number of nitrogens with zero attached hydrogens (tertiary/aromatic N) is 3. The van der Waals surface area contributed by atoms with E-state index in [0.29, 0.717) is 11.5 Å². The molecule has 0 N–H and O–H groups in total. The lowest BCUT2D eigenvalue weighted by molar-refractivity contribution is -0.129. The Kier molecular flexibility index (Phi) is 4.35. The summed E-state index contributed by atoms with van der Waals surface area (Å²) in [6.07, 6.45) is 8.89. The van der Waals surface area contributed by atoms with E-state index in [-0.39, 0.29) is 5.91 Å². The zero-order chi connectivity index (χ0) is 16.6. The van der Waals surface area contributed by atoms with Gasteiger partial charge in [0, 0.05) is 30.7 Å². The summed E-state index contributed by atoms with van der Waals surface area (Å²) in [5.41, 5.74) is 1.28. The lowest BCUT2D eigenvalue weighted by Gasteiger charge is -2.34. The van der Waals surface area contributed by atoms with E-state index in [1.165, 1.54) is 11.4 Å². The van der Waals surface area contributed by atoms with Gasteiger partial charge in [0.25, 0.3) is 5.91 Å². The summed E-state index contributed by atoms with van der Waals surface area (Å²) in [5.74, 6) is 0.192. The van der Waals surface area contributed by atoms with Crippen LogP contribution >= 0.6 is 11.3 Å². The van der Waals surface area contributed by atoms with Crippen LogP contribution in [0.3, 0.4) is 0 Å². The van der Waals surface area contributed by atoms with Gasteiger partial charge < -0.3 is 9.64 Å². The molecule has 0 radical (unpaired) electrons. The number of ether oxygens (including phenoxy) is 1. The zero-order valence-electron chi connectivity index (χ0n) is 14.2. The third kappa shape index (κ3) is 3.09. The molecule has 1 amide bonds. The van der Waals surface area contributed by atoms with Crippen molar-refractivity contribution < 1.29 is 9.53 Å². The number of likely N-dealkylation sites (tertiary alicyclic amines) is 1. The molecule has 130 valence electrons. The molecule has 3 heterocycles. The van der Waals surface area contributed by atoms with E-state index in [4.69, 9.17) is 4.74 Å². The molecule has 1 saturated carbocycles. The first-order valence-electron chi connectivity index (χ1n) is 8.86. The van der Waals surface area contributed by atoms with Gasteiger partial charge >= 0.3 is 0 Å². The second-order valence-corrected chi connectivity index (χ2v) is 8.31. The minimum absolute atomic E-state index is 0.192. The number of thiazole rings is 1. The van der Waals surface area contributed by atoms with E-state index in [9.17, 15) is 4.79 Å². The summed E-state index contributed by atoms with van der Waals surface area (Å²) in [5, 5.41) is 3.23. The van der Waals surface area contributed by atoms with Crippen molar-refractivity contribution in [2.24, 2.45) is 5.41 Å². The van der Waals surface area contributed by atoms with Gasteiger partial charge in [-0.1, -0.05) is 0 Å². The molecule has 1 aromatic rings. The van der Waals surface area contributed by atoms with E-state index >= 15 is 0 Å². The van der Waals surface area contributed by atoms with Crippen molar-refractivity contribution in [3.63, 3.8) is 0 Å². The second-order valence-electron chi connectivity index (χ2n) is 7.33. The Bertz CT molecular complexity index is 620. The summed E-state index contributed by atoms with van der Waals surface area (Å²) in [4.78, 5) is 21.4. The van der Waals surface area contributed by atoms with E-state index in [1.807, 2.05) is 16.5 Å². The predicted molar refractivity (Wildman–Crippen MR) is 93.5 cm³/mol. The van der Waals surface area contributed by atoms with E-state index in [1.54, 1.807) is 17.6 Å². The molecule has 2 fully saturated rings. The Morgan fingerprint density at radius 3 is 3.00 bits per heavy atom. The van der Waals surface area contributed by atoms with E-state index in [0.717, 1.165) is 57.5 Å². The van der Waals surface area contributed by atoms with Gasteiger partial charge in [0.15, 0.2) is 0 Å². The van der Waals surface area contributed by atoms with Crippen molar-refractivity contribution in [1.29, 1.82) is 0 Å². The highest BCUT2D eigenvalue weighted by Gasteiger charge is 2.56. The van der Waals surface area contributed by atoms with Crippen LogP contribution in [0.1, 0.15) is 37.1 Å². The summed E-state index contributed by atoms with van der Waals surface area (Å²) >= 11 is 1.73. The molecule has 1 spiro atoms. The van der Waals surface area contributed by atoms with Crippen LogP contribution < -0.4 is 0 Å². The van der Waals surface area contributed by atoms with Crippen LogP contribution in [0.4, 0.5) is 0 Å². The van der Waals surface area contributed by atoms with Crippen LogP contribution in [0, 0.1) is 5.41 Å². The zero-order valence-corrected chi connectivity index (χ0v) is 15.1. The number of rotatable bonds is 4. The van der Waals surface area contributed by atoms with Crippen LogP contribution in [0.15, 0.2) is 23.4 Å². The molecular weight excluding hydrogens is 322 g/mol. The van der Waals surface area contributed by atoms with Crippen molar-refractivity contribution in [3.05, 3.63) is 28.4 Å². The molecule has 1 aromatic heterocycles. The van der Waals surface area contributed by atoms with E-state index < -0.39 is 0 Å². The van der Waals surface area contributed by atoms with Gasteiger partial charge in [0.2, 0.25) is 0 Å². The van der Waals surface area contributed by atoms with Gasteiger partial charge in [-0.2, -0.15) is 0 Å². The topological polar surface area (TPSA) is 45.7 Å². The average Bonchev–Trinajstić information content (AvgIpc) is 3.07. The Morgan fingerprint density at radius 1 is 1.50 bits per heavy atom. The van der Waals surface area contributed by atoms with Gasteiger partial charge in [0.05, 0.1) is 25.0 Å². The molecule has 1 saturated heterocycles. The predicted octanol–water partition coefficient (Wildman–Crippen LogP) is 2.65. The number of hydrogen-bond acceptors (Lipinski definition) is 5.